The molecule has 6 heteroatoms. The molecular weight excluding hydrogens is 284 g/mol. The normalized spacial score (nSPS) is 20.9. The predicted octanol–water partition coefficient (Wildman–Crippen LogP) is 1.80. The number of nitrogens with zero attached hydrogens (tertiary/aromatic N) is 1. The van der Waals surface area contributed by atoms with E-state index in [9.17, 15) is 14.4 Å². The molecule has 6 nitrogen and oxygen atoms in total. The zero-order chi connectivity index (χ0) is 16.2. The van der Waals surface area contributed by atoms with E-state index in [1.165, 1.54) is 0 Å². The molecule has 0 aliphatic carbocycles. The van der Waals surface area contributed by atoms with Crippen molar-refractivity contribution in [2.45, 2.75) is 32.2 Å². The molecule has 1 saturated heterocycles. The van der Waals surface area contributed by atoms with Crippen molar-refractivity contribution in [3.05, 3.63) is 35.9 Å². The SMILES string of the molecule is CCC[C@@]1(c2ccccc2)NC(=O)N(CC(=O)OCC)C1=O. The Balaban J connectivity index is 2.31. The molecule has 1 aromatic rings. The average molecular weight is 304 g/mol. The zero-order valence-corrected chi connectivity index (χ0v) is 12.8. The molecule has 1 heterocycles. The van der Waals surface area contributed by atoms with Crippen molar-refractivity contribution in [2.75, 3.05) is 13.2 Å². The lowest BCUT2D eigenvalue weighted by Crippen LogP contribution is -2.44. The highest BCUT2D eigenvalue weighted by Crippen LogP contribution is 2.33. The number of carbonyl (C=O) groups excluding carboxylic acids is 3. The van der Waals surface area contributed by atoms with Gasteiger partial charge < -0.3 is 10.1 Å². The lowest BCUT2D eigenvalue weighted by molar-refractivity contribution is -0.147. The number of hydrogen-bond acceptors (Lipinski definition) is 4. The maximum absolute atomic E-state index is 12.8. The van der Waals surface area contributed by atoms with Crippen molar-refractivity contribution in [3.63, 3.8) is 0 Å². The minimum absolute atomic E-state index is 0.210. The summed E-state index contributed by atoms with van der Waals surface area (Å²) in [7, 11) is 0. The Bertz CT molecular complexity index is 573. The molecule has 0 spiro atoms. The Kier molecular flexibility index (Phi) is 4.80. The molecule has 3 amide bonds. The predicted molar refractivity (Wildman–Crippen MR) is 79.9 cm³/mol. The van der Waals surface area contributed by atoms with Gasteiger partial charge in [0.25, 0.3) is 5.91 Å². The number of ether oxygens (including phenoxy) is 1. The van der Waals surface area contributed by atoms with Crippen LogP contribution in [-0.2, 0) is 19.9 Å². The van der Waals surface area contributed by atoms with Gasteiger partial charge in [-0.05, 0) is 18.9 Å². The molecular formula is C16H20N2O4. The summed E-state index contributed by atoms with van der Waals surface area (Å²) >= 11 is 0. The fourth-order valence-electron chi connectivity index (χ4n) is 2.71. The molecule has 1 aliphatic heterocycles. The second-order valence-electron chi connectivity index (χ2n) is 5.15. The summed E-state index contributed by atoms with van der Waals surface area (Å²) in [5, 5.41) is 2.76. The molecule has 118 valence electrons. The van der Waals surface area contributed by atoms with Gasteiger partial charge in [-0.25, -0.2) is 4.79 Å². The largest absolute Gasteiger partial charge is 0.465 e. The highest BCUT2D eigenvalue weighted by Gasteiger charge is 2.52. The number of nitrogens with one attached hydrogen (secondary N) is 1. The third-order valence-corrected chi connectivity index (χ3v) is 3.66. The maximum Gasteiger partial charge on any atom is 0.326 e. The first-order valence-corrected chi connectivity index (χ1v) is 7.40. The number of rotatable bonds is 6. The summed E-state index contributed by atoms with van der Waals surface area (Å²) < 4.78 is 4.82. The van der Waals surface area contributed by atoms with E-state index in [0.29, 0.717) is 12.8 Å². The van der Waals surface area contributed by atoms with Crippen LogP contribution in [0.3, 0.4) is 0 Å². The van der Waals surface area contributed by atoms with Crippen molar-refractivity contribution in [1.29, 1.82) is 0 Å². The number of hydrogen-bond donors (Lipinski definition) is 1. The minimum Gasteiger partial charge on any atom is -0.465 e. The summed E-state index contributed by atoms with van der Waals surface area (Å²) in [6.45, 7) is 3.46. The number of urea groups is 1. The number of imide groups is 1. The third kappa shape index (κ3) is 2.81. The van der Waals surface area contributed by atoms with Crippen molar-refractivity contribution < 1.29 is 19.1 Å². The van der Waals surface area contributed by atoms with Crippen LogP contribution < -0.4 is 5.32 Å². The standard InChI is InChI=1S/C16H20N2O4/c1-3-10-16(12-8-6-5-7-9-12)14(20)18(15(21)17-16)11-13(19)22-4-2/h5-9H,3-4,10-11H2,1-2H3,(H,17,21)/t16-/m0/s1. The van der Waals surface area contributed by atoms with Gasteiger partial charge in [0.1, 0.15) is 12.1 Å². The summed E-state index contributed by atoms with van der Waals surface area (Å²) in [6.07, 6.45) is 1.19. The van der Waals surface area contributed by atoms with E-state index in [0.717, 1.165) is 10.5 Å². The number of esters is 1. The first kappa shape index (κ1) is 16.0. The van der Waals surface area contributed by atoms with E-state index in [-0.39, 0.29) is 13.2 Å². The van der Waals surface area contributed by atoms with Gasteiger partial charge >= 0.3 is 12.0 Å². The second-order valence-corrected chi connectivity index (χ2v) is 5.15. The van der Waals surface area contributed by atoms with Crippen molar-refractivity contribution in [1.82, 2.24) is 10.2 Å². The van der Waals surface area contributed by atoms with Crippen molar-refractivity contribution in [2.24, 2.45) is 0 Å². The summed E-state index contributed by atoms with van der Waals surface area (Å²) in [5.41, 5.74) is -0.374. The molecule has 22 heavy (non-hydrogen) atoms. The first-order chi connectivity index (χ1) is 10.5. The highest BCUT2D eigenvalue weighted by molar-refractivity contribution is 6.09. The van der Waals surface area contributed by atoms with Gasteiger partial charge in [-0.2, -0.15) is 0 Å². The van der Waals surface area contributed by atoms with Crippen LogP contribution in [0.1, 0.15) is 32.3 Å². The Labute approximate surface area is 129 Å². The molecule has 1 aliphatic rings. The van der Waals surface area contributed by atoms with Crippen LogP contribution in [0.15, 0.2) is 30.3 Å². The van der Waals surface area contributed by atoms with Crippen LogP contribution in [0.2, 0.25) is 0 Å². The molecule has 0 radical (unpaired) electrons. The molecule has 1 atom stereocenters. The molecule has 2 rings (SSSR count). The molecule has 1 fully saturated rings. The van der Waals surface area contributed by atoms with Crippen molar-refractivity contribution >= 4 is 17.9 Å². The fourth-order valence-corrected chi connectivity index (χ4v) is 2.71. The summed E-state index contributed by atoms with van der Waals surface area (Å²) in [5.74, 6) is -0.995. The molecule has 0 unspecified atom stereocenters. The number of benzene rings is 1. The Morgan fingerprint density at radius 1 is 1.23 bits per heavy atom. The van der Waals surface area contributed by atoms with Crippen LogP contribution in [0.4, 0.5) is 4.79 Å². The molecule has 0 saturated carbocycles. The van der Waals surface area contributed by atoms with Crippen LogP contribution in [0.5, 0.6) is 0 Å². The highest BCUT2D eigenvalue weighted by atomic mass is 16.5. The molecule has 0 bridgehead atoms. The van der Waals surface area contributed by atoms with Crippen LogP contribution in [0, 0.1) is 0 Å². The van der Waals surface area contributed by atoms with E-state index in [1.54, 1.807) is 6.92 Å². The van der Waals surface area contributed by atoms with Gasteiger partial charge in [0.2, 0.25) is 0 Å². The Morgan fingerprint density at radius 2 is 1.91 bits per heavy atom. The van der Waals surface area contributed by atoms with Gasteiger partial charge in [-0.1, -0.05) is 43.7 Å². The lowest BCUT2D eigenvalue weighted by atomic mass is 9.85. The van der Waals surface area contributed by atoms with Gasteiger partial charge in [0, 0.05) is 0 Å². The molecule has 1 aromatic carbocycles. The van der Waals surface area contributed by atoms with Gasteiger partial charge in [-0.3, -0.25) is 14.5 Å². The quantitative estimate of drug-likeness (QED) is 0.642. The van der Waals surface area contributed by atoms with Gasteiger partial charge in [-0.15, -0.1) is 0 Å². The second kappa shape index (κ2) is 6.60. The van der Waals surface area contributed by atoms with E-state index in [4.69, 9.17) is 4.74 Å². The molecule has 0 aromatic heterocycles. The van der Waals surface area contributed by atoms with Crippen LogP contribution in [0.25, 0.3) is 0 Å². The van der Waals surface area contributed by atoms with Crippen LogP contribution in [-0.4, -0.2) is 36.0 Å². The van der Waals surface area contributed by atoms with Gasteiger partial charge in [0.05, 0.1) is 6.61 Å². The zero-order valence-electron chi connectivity index (χ0n) is 12.8. The number of amides is 3. The van der Waals surface area contributed by atoms with Crippen LogP contribution >= 0.6 is 0 Å². The van der Waals surface area contributed by atoms with Gasteiger partial charge in [0.15, 0.2) is 0 Å². The minimum atomic E-state index is -1.10. The molecule has 1 N–H and O–H groups in total. The third-order valence-electron chi connectivity index (χ3n) is 3.66. The van der Waals surface area contributed by atoms with Crippen molar-refractivity contribution in [3.8, 4) is 0 Å². The monoisotopic (exact) mass is 304 g/mol. The summed E-state index contributed by atoms with van der Waals surface area (Å²) in [6, 6.07) is 8.54. The lowest BCUT2D eigenvalue weighted by Gasteiger charge is -2.26. The summed E-state index contributed by atoms with van der Waals surface area (Å²) in [4.78, 5) is 37.5. The Morgan fingerprint density at radius 3 is 2.50 bits per heavy atom. The van der Waals surface area contributed by atoms with E-state index >= 15 is 0 Å². The van der Waals surface area contributed by atoms with E-state index in [2.05, 4.69) is 5.32 Å². The first-order valence-electron chi connectivity index (χ1n) is 7.40. The smallest absolute Gasteiger partial charge is 0.326 e. The Hall–Kier alpha value is -2.37. The fraction of sp³-hybridized carbons (Fsp3) is 0.438. The topological polar surface area (TPSA) is 75.7 Å². The number of carbonyl (C=O) groups is 3. The van der Waals surface area contributed by atoms with E-state index < -0.39 is 23.4 Å². The maximum atomic E-state index is 12.8. The average Bonchev–Trinajstić information content (AvgIpc) is 2.74. The van der Waals surface area contributed by atoms with E-state index in [1.807, 2.05) is 37.3 Å².